The molecule has 0 aliphatic carbocycles. The second-order valence-electron chi connectivity index (χ2n) is 5.79. The van der Waals surface area contributed by atoms with Crippen LogP contribution in [0.2, 0.25) is 0 Å². The zero-order chi connectivity index (χ0) is 15.3. The number of hydrogen-bond donors (Lipinski definition) is 2. The molecule has 1 saturated heterocycles. The average molecular weight is 285 g/mol. The largest absolute Gasteiger partial charge is 0.480 e. The van der Waals surface area contributed by atoms with Gasteiger partial charge in [-0.15, -0.1) is 0 Å². The third-order valence-corrected chi connectivity index (χ3v) is 4.20. The lowest BCUT2D eigenvalue weighted by Gasteiger charge is -2.34. The minimum Gasteiger partial charge on any atom is -0.480 e. The van der Waals surface area contributed by atoms with Crippen LogP contribution in [-0.4, -0.2) is 65.2 Å². The summed E-state index contributed by atoms with van der Waals surface area (Å²) in [6.07, 6.45) is 2.14. The van der Waals surface area contributed by atoms with Crippen LogP contribution in [0.3, 0.4) is 0 Å². The number of rotatable bonds is 4. The molecular formula is C14H27N3O3. The van der Waals surface area contributed by atoms with Crippen LogP contribution in [0.15, 0.2) is 0 Å². The third-order valence-electron chi connectivity index (χ3n) is 4.20. The Hall–Kier alpha value is -1.30. The van der Waals surface area contributed by atoms with E-state index in [1.165, 1.54) is 0 Å². The molecule has 0 bridgehead atoms. The number of urea groups is 1. The highest BCUT2D eigenvalue weighted by Gasteiger charge is 2.36. The summed E-state index contributed by atoms with van der Waals surface area (Å²) in [6.45, 7) is 7.85. The van der Waals surface area contributed by atoms with Crippen LogP contribution < -0.4 is 5.32 Å². The Labute approximate surface area is 121 Å². The molecule has 2 unspecified atom stereocenters. The Bertz CT molecular complexity index is 362. The minimum absolute atomic E-state index is 0.136. The predicted molar refractivity (Wildman–Crippen MR) is 77.8 cm³/mol. The van der Waals surface area contributed by atoms with Crippen molar-refractivity contribution in [1.82, 2.24) is 15.1 Å². The topological polar surface area (TPSA) is 72.9 Å². The second kappa shape index (κ2) is 6.92. The van der Waals surface area contributed by atoms with Crippen LogP contribution in [0.1, 0.15) is 40.0 Å². The van der Waals surface area contributed by atoms with E-state index in [0.29, 0.717) is 13.0 Å². The highest BCUT2D eigenvalue weighted by atomic mass is 16.4. The minimum atomic E-state index is -1.20. The fourth-order valence-corrected chi connectivity index (χ4v) is 2.46. The number of carbonyl (C=O) groups is 2. The molecule has 0 radical (unpaired) electrons. The van der Waals surface area contributed by atoms with E-state index < -0.39 is 11.5 Å². The fraction of sp³-hybridized carbons (Fsp3) is 0.857. The van der Waals surface area contributed by atoms with Gasteiger partial charge in [0, 0.05) is 19.1 Å². The monoisotopic (exact) mass is 285 g/mol. The van der Waals surface area contributed by atoms with Crippen LogP contribution >= 0.6 is 0 Å². The first kappa shape index (κ1) is 16.8. The van der Waals surface area contributed by atoms with E-state index in [0.717, 1.165) is 25.9 Å². The molecule has 0 aromatic rings. The summed E-state index contributed by atoms with van der Waals surface area (Å²) in [4.78, 5) is 27.8. The van der Waals surface area contributed by atoms with Gasteiger partial charge in [-0.25, -0.2) is 9.59 Å². The third kappa shape index (κ3) is 3.85. The van der Waals surface area contributed by atoms with Gasteiger partial charge in [0.25, 0.3) is 0 Å². The number of hydrogen-bond acceptors (Lipinski definition) is 3. The maximum Gasteiger partial charge on any atom is 0.329 e. The average Bonchev–Trinajstić information content (AvgIpc) is 2.59. The summed E-state index contributed by atoms with van der Waals surface area (Å²) in [5.41, 5.74) is -1.20. The van der Waals surface area contributed by atoms with Crippen molar-refractivity contribution in [2.24, 2.45) is 0 Å². The highest BCUT2D eigenvalue weighted by Crippen LogP contribution is 2.15. The lowest BCUT2D eigenvalue weighted by atomic mass is 9.99. The number of nitrogens with one attached hydrogen (secondary N) is 1. The fourth-order valence-electron chi connectivity index (χ4n) is 2.46. The number of likely N-dealkylation sites (N-methyl/N-ethyl adjacent to an activating group) is 1. The normalized spacial score (nSPS) is 23.8. The molecule has 2 amide bonds. The maximum atomic E-state index is 12.4. The molecular weight excluding hydrogens is 258 g/mol. The van der Waals surface area contributed by atoms with Gasteiger partial charge in [-0.1, -0.05) is 13.8 Å². The summed E-state index contributed by atoms with van der Waals surface area (Å²) in [7, 11) is 2.05. The van der Waals surface area contributed by atoms with Crippen molar-refractivity contribution in [2.75, 3.05) is 26.7 Å². The smallest absolute Gasteiger partial charge is 0.329 e. The first-order chi connectivity index (χ1) is 9.34. The lowest BCUT2D eigenvalue weighted by molar-refractivity contribution is -0.143. The number of carbonyl (C=O) groups excluding carboxylic acids is 1. The van der Waals surface area contributed by atoms with Gasteiger partial charge in [0.15, 0.2) is 0 Å². The van der Waals surface area contributed by atoms with Gasteiger partial charge >= 0.3 is 12.0 Å². The van der Waals surface area contributed by atoms with Gasteiger partial charge < -0.3 is 20.2 Å². The highest BCUT2D eigenvalue weighted by molar-refractivity contribution is 5.86. The van der Waals surface area contributed by atoms with Gasteiger partial charge in [-0.3, -0.25) is 0 Å². The molecule has 20 heavy (non-hydrogen) atoms. The van der Waals surface area contributed by atoms with E-state index in [4.69, 9.17) is 0 Å². The Morgan fingerprint density at radius 2 is 2.00 bits per heavy atom. The first-order valence-corrected chi connectivity index (χ1v) is 7.34. The Morgan fingerprint density at radius 1 is 1.35 bits per heavy atom. The van der Waals surface area contributed by atoms with Crippen LogP contribution in [0.4, 0.5) is 4.79 Å². The summed E-state index contributed by atoms with van der Waals surface area (Å²) >= 11 is 0. The summed E-state index contributed by atoms with van der Waals surface area (Å²) < 4.78 is 0. The maximum absolute atomic E-state index is 12.4. The lowest BCUT2D eigenvalue weighted by Crippen LogP contribution is -2.58. The zero-order valence-corrected chi connectivity index (χ0v) is 13.0. The van der Waals surface area contributed by atoms with Crippen LogP contribution in [0, 0.1) is 0 Å². The molecule has 116 valence electrons. The first-order valence-electron chi connectivity index (χ1n) is 7.34. The van der Waals surface area contributed by atoms with Crippen LogP contribution in [-0.2, 0) is 4.79 Å². The van der Waals surface area contributed by atoms with Gasteiger partial charge in [0.1, 0.15) is 5.54 Å². The SMILES string of the molecule is CCC1CN(C)CCCN1C(=O)NC(C)(CC)C(=O)O. The molecule has 1 heterocycles. The summed E-state index contributed by atoms with van der Waals surface area (Å²) in [5, 5.41) is 11.9. The number of carboxylic acids is 1. The van der Waals surface area contributed by atoms with Crippen molar-refractivity contribution < 1.29 is 14.7 Å². The van der Waals surface area contributed by atoms with Crippen molar-refractivity contribution in [3.05, 3.63) is 0 Å². The number of nitrogens with zero attached hydrogens (tertiary/aromatic N) is 2. The van der Waals surface area contributed by atoms with Crippen molar-refractivity contribution in [1.29, 1.82) is 0 Å². The van der Waals surface area contributed by atoms with E-state index in [9.17, 15) is 14.7 Å². The predicted octanol–water partition coefficient (Wildman–Crippen LogP) is 1.37. The molecule has 6 heteroatoms. The standard InChI is InChI=1S/C14H27N3O3/c1-5-11-10-16(4)8-7-9-17(11)13(20)15-14(3,6-2)12(18)19/h11H,5-10H2,1-4H3,(H,15,20)(H,18,19). The molecule has 1 aliphatic heterocycles. The van der Waals surface area contributed by atoms with Gasteiger partial charge in [-0.2, -0.15) is 0 Å². The number of carboxylic acid groups (broad SMARTS) is 1. The van der Waals surface area contributed by atoms with Crippen molar-refractivity contribution >= 4 is 12.0 Å². The van der Waals surface area contributed by atoms with E-state index in [-0.39, 0.29) is 12.1 Å². The summed E-state index contributed by atoms with van der Waals surface area (Å²) in [6, 6.07) is -0.128. The van der Waals surface area contributed by atoms with Gasteiger partial charge in [-0.05, 0) is 39.8 Å². The molecule has 2 N–H and O–H groups in total. The molecule has 1 fully saturated rings. The molecule has 0 aromatic heterocycles. The Kier molecular flexibility index (Phi) is 5.80. The van der Waals surface area contributed by atoms with Crippen LogP contribution in [0.5, 0.6) is 0 Å². The zero-order valence-electron chi connectivity index (χ0n) is 13.0. The second-order valence-corrected chi connectivity index (χ2v) is 5.79. The van der Waals surface area contributed by atoms with Crippen molar-refractivity contribution in [2.45, 2.75) is 51.6 Å². The molecule has 1 aliphatic rings. The van der Waals surface area contributed by atoms with Gasteiger partial charge in [0.2, 0.25) is 0 Å². The molecule has 0 saturated carbocycles. The molecule has 1 rings (SSSR count). The van der Waals surface area contributed by atoms with E-state index >= 15 is 0 Å². The van der Waals surface area contributed by atoms with E-state index in [1.807, 2.05) is 0 Å². The number of amides is 2. The Balaban J connectivity index is 2.80. The summed E-state index contributed by atoms with van der Waals surface area (Å²) in [5.74, 6) is -0.992. The molecule has 6 nitrogen and oxygen atoms in total. The van der Waals surface area contributed by atoms with E-state index in [2.05, 4.69) is 24.2 Å². The number of aliphatic carboxylic acids is 1. The van der Waals surface area contributed by atoms with E-state index in [1.54, 1.807) is 18.7 Å². The molecule has 2 atom stereocenters. The van der Waals surface area contributed by atoms with Crippen molar-refractivity contribution in [3.8, 4) is 0 Å². The Morgan fingerprint density at radius 3 is 2.50 bits per heavy atom. The quantitative estimate of drug-likeness (QED) is 0.818. The van der Waals surface area contributed by atoms with Crippen LogP contribution in [0.25, 0.3) is 0 Å². The van der Waals surface area contributed by atoms with Gasteiger partial charge in [0.05, 0.1) is 0 Å². The molecule has 0 aromatic carbocycles. The van der Waals surface area contributed by atoms with Crippen molar-refractivity contribution in [3.63, 3.8) is 0 Å². The molecule has 0 spiro atoms.